The van der Waals surface area contributed by atoms with Crippen molar-refractivity contribution in [2.24, 2.45) is 0 Å². The molecule has 0 heterocycles. The van der Waals surface area contributed by atoms with Gasteiger partial charge < -0.3 is 9.64 Å². The second-order valence-electron chi connectivity index (χ2n) is 4.77. The molecule has 4 heteroatoms. The van der Waals surface area contributed by atoms with Crippen LogP contribution in [0.1, 0.15) is 15.9 Å². The number of benzene rings is 2. The van der Waals surface area contributed by atoms with Crippen LogP contribution in [0.3, 0.4) is 0 Å². The molecule has 0 aliphatic heterocycles. The van der Waals surface area contributed by atoms with Crippen molar-refractivity contribution in [1.82, 2.24) is 0 Å². The number of carbonyl (C=O) groups excluding carboxylic acids is 1. The third-order valence-corrected chi connectivity index (χ3v) is 3.06. The largest absolute Gasteiger partial charge is 0.423 e. The van der Waals surface area contributed by atoms with Gasteiger partial charge in [-0.2, -0.15) is 5.26 Å². The molecule has 0 spiro atoms. The minimum atomic E-state index is -0.425. The highest BCUT2D eigenvalue weighted by Gasteiger charge is 2.11. The maximum Gasteiger partial charge on any atom is 0.343 e. The standard InChI is InChI=1S/C17H16N2O2/c1-19(2)15-9-7-14(8-10-15)17(20)21-16-6-4-3-5-13(16)11-12-18/h3-10H,11H2,1-2H3. The van der Waals surface area contributed by atoms with E-state index in [1.165, 1.54) is 0 Å². The van der Waals surface area contributed by atoms with Crippen LogP contribution in [0.15, 0.2) is 48.5 Å². The van der Waals surface area contributed by atoms with Crippen molar-refractivity contribution >= 4 is 11.7 Å². The molecule has 0 atom stereocenters. The number of anilines is 1. The Kier molecular flexibility index (Phi) is 4.57. The van der Waals surface area contributed by atoms with E-state index in [9.17, 15) is 4.79 Å². The van der Waals surface area contributed by atoms with Gasteiger partial charge in [0.2, 0.25) is 0 Å². The highest BCUT2D eigenvalue weighted by Crippen LogP contribution is 2.20. The van der Waals surface area contributed by atoms with Crippen LogP contribution in [-0.4, -0.2) is 20.1 Å². The smallest absolute Gasteiger partial charge is 0.343 e. The van der Waals surface area contributed by atoms with E-state index in [4.69, 9.17) is 10.00 Å². The number of esters is 1. The number of nitrogens with zero attached hydrogens (tertiary/aromatic N) is 2. The van der Waals surface area contributed by atoms with Gasteiger partial charge in [0.25, 0.3) is 0 Å². The number of nitriles is 1. The van der Waals surface area contributed by atoms with Crippen LogP contribution in [0, 0.1) is 11.3 Å². The fraction of sp³-hybridized carbons (Fsp3) is 0.176. The van der Waals surface area contributed by atoms with Gasteiger partial charge in [0.15, 0.2) is 0 Å². The molecule has 0 N–H and O–H groups in total. The van der Waals surface area contributed by atoms with Gasteiger partial charge in [-0.25, -0.2) is 4.79 Å². The third-order valence-electron chi connectivity index (χ3n) is 3.06. The zero-order valence-electron chi connectivity index (χ0n) is 12.0. The zero-order valence-corrected chi connectivity index (χ0v) is 12.0. The van der Waals surface area contributed by atoms with Crippen LogP contribution < -0.4 is 9.64 Å². The molecular formula is C17H16N2O2. The van der Waals surface area contributed by atoms with Crippen LogP contribution in [0.2, 0.25) is 0 Å². The molecule has 0 bridgehead atoms. The van der Waals surface area contributed by atoms with Crippen molar-refractivity contribution in [3.05, 3.63) is 59.7 Å². The minimum Gasteiger partial charge on any atom is -0.423 e. The molecule has 2 aromatic rings. The van der Waals surface area contributed by atoms with Gasteiger partial charge in [0, 0.05) is 25.3 Å². The highest BCUT2D eigenvalue weighted by molar-refractivity contribution is 5.91. The van der Waals surface area contributed by atoms with Crippen LogP contribution in [0.25, 0.3) is 0 Å². The van der Waals surface area contributed by atoms with E-state index in [0.717, 1.165) is 5.69 Å². The molecule has 0 saturated carbocycles. The van der Waals surface area contributed by atoms with E-state index in [0.29, 0.717) is 16.9 Å². The van der Waals surface area contributed by atoms with E-state index in [1.54, 1.807) is 30.3 Å². The van der Waals surface area contributed by atoms with Gasteiger partial charge in [-0.3, -0.25) is 0 Å². The lowest BCUT2D eigenvalue weighted by Gasteiger charge is -2.12. The summed E-state index contributed by atoms with van der Waals surface area (Å²) < 4.78 is 5.38. The quantitative estimate of drug-likeness (QED) is 0.638. The predicted octanol–water partition coefficient (Wildman–Crippen LogP) is 3.04. The fourth-order valence-electron chi connectivity index (χ4n) is 1.89. The summed E-state index contributed by atoms with van der Waals surface area (Å²) >= 11 is 0. The van der Waals surface area contributed by atoms with Gasteiger partial charge in [0.05, 0.1) is 18.1 Å². The van der Waals surface area contributed by atoms with E-state index in [-0.39, 0.29) is 6.42 Å². The van der Waals surface area contributed by atoms with Gasteiger partial charge in [-0.1, -0.05) is 18.2 Å². The van der Waals surface area contributed by atoms with E-state index in [2.05, 4.69) is 6.07 Å². The highest BCUT2D eigenvalue weighted by atomic mass is 16.5. The van der Waals surface area contributed by atoms with Gasteiger partial charge in [-0.05, 0) is 30.3 Å². The maximum absolute atomic E-state index is 12.1. The van der Waals surface area contributed by atoms with Crippen molar-refractivity contribution in [3.63, 3.8) is 0 Å². The number of carbonyl (C=O) groups is 1. The Bertz CT molecular complexity index is 670. The summed E-state index contributed by atoms with van der Waals surface area (Å²) in [5.74, 6) is 0.00596. The summed E-state index contributed by atoms with van der Waals surface area (Å²) in [4.78, 5) is 14.1. The Morgan fingerprint density at radius 2 is 1.81 bits per heavy atom. The molecule has 106 valence electrons. The Labute approximate surface area is 124 Å². The summed E-state index contributed by atoms with van der Waals surface area (Å²) in [5.41, 5.74) is 2.20. The SMILES string of the molecule is CN(C)c1ccc(C(=O)Oc2ccccc2CC#N)cc1. The first-order chi connectivity index (χ1) is 10.1. The van der Waals surface area contributed by atoms with Crippen molar-refractivity contribution in [3.8, 4) is 11.8 Å². The summed E-state index contributed by atoms with van der Waals surface area (Å²) in [6, 6.07) is 16.3. The summed E-state index contributed by atoms with van der Waals surface area (Å²) in [5, 5.41) is 8.78. The third kappa shape index (κ3) is 3.61. The molecule has 4 nitrogen and oxygen atoms in total. The van der Waals surface area contributed by atoms with Crippen LogP contribution in [0.5, 0.6) is 5.75 Å². The van der Waals surface area contributed by atoms with Crippen LogP contribution in [-0.2, 0) is 6.42 Å². The molecular weight excluding hydrogens is 264 g/mol. The predicted molar refractivity (Wildman–Crippen MR) is 81.5 cm³/mol. The second-order valence-corrected chi connectivity index (χ2v) is 4.77. The van der Waals surface area contributed by atoms with Crippen LogP contribution >= 0.6 is 0 Å². The lowest BCUT2D eigenvalue weighted by molar-refractivity contribution is 0.0733. The zero-order chi connectivity index (χ0) is 15.2. The minimum absolute atomic E-state index is 0.211. The Morgan fingerprint density at radius 1 is 1.14 bits per heavy atom. The molecule has 2 aromatic carbocycles. The topological polar surface area (TPSA) is 53.3 Å². The summed E-state index contributed by atoms with van der Waals surface area (Å²) in [7, 11) is 3.87. The summed E-state index contributed by atoms with van der Waals surface area (Å²) in [6.07, 6.45) is 0.211. The fourth-order valence-corrected chi connectivity index (χ4v) is 1.89. The Morgan fingerprint density at radius 3 is 2.43 bits per heavy atom. The van der Waals surface area contributed by atoms with Crippen molar-refractivity contribution in [2.45, 2.75) is 6.42 Å². The van der Waals surface area contributed by atoms with Crippen molar-refractivity contribution in [1.29, 1.82) is 5.26 Å². The first-order valence-corrected chi connectivity index (χ1v) is 6.56. The Hall–Kier alpha value is -2.80. The average molecular weight is 280 g/mol. The molecule has 0 saturated heterocycles. The lowest BCUT2D eigenvalue weighted by Crippen LogP contribution is -2.11. The van der Waals surface area contributed by atoms with E-state index >= 15 is 0 Å². The van der Waals surface area contributed by atoms with E-state index < -0.39 is 5.97 Å². The van der Waals surface area contributed by atoms with Gasteiger partial charge in [-0.15, -0.1) is 0 Å². The molecule has 0 aromatic heterocycles. The molecule has 0 amide bonds. The van der Waals surface area contributed by atoms with Crippen LogP contribution in [0.4, 0.5) is 5.69 Å². The molecule has 0 aliphatic rings. The molecule has 0 fully saturated rings. The molecule has 21 heavy (non-hydrogen) atoms. The van der Waals surface area contributed by atoms with E-state index in [1.807, 2.05) is 37.2 Å². The molecule has 0 aliphatic carbocycles. The Balaban J connectivity index is 2.16. The lowest BCUT2D eigenvalue weighted by atomic mass is 10.1. The number of hydrogen-bond donors (Lipinski definition) is 0. The second kappa shape index (κ2) is 6.58. The monoisotopic (exact) mass is 280 g/mol. The molecule has 0 unspecified atom stereocenters. The van der Waals surface area contributed by atoms with Crippen molar-refractivity contribution in [2.75, 3.05) is 19.0 Å². The number of para-hydroxylation sites is 1. The summed E-state index contributed by atoms with van der Waals surface area (Å²) in [6.45, 7) is 0. The first kappa shape index (κ1) is 14.6. The average Bonchev–Trinajstić information content (AvgIpc) is 2.49. The maximum atomic E-state index is 12.1. The number of ether oxygens (including phenoxy) is 1. The van der Waals surface area contributed by atoms with Crippen molar-refractivity contribution < 1.29 is 9.53 Å². The first-order valence-electron chi connectivity index (χ1n) is 6.56. The number of hydrogen-bond acceptors (Lipinski definition) is 4. The molecule has 0 radical (unpaired) electrons. The normalized spacial score (nSPS) is 9.76. The van der Waals surface area contributed by atoms with Gasteiger partial charge in [0.1, 0.15) is 5.75 Å². The molecule has 2 rings (SSSR count). The van der Waals surface area contributed by atoms with Gasteiger partial charge >= 0.3 is 5.97 Å². The number of rotatable bonds is 4.